The van der Waals surface area contributed by atoms with Gasteiger partial charge in [0.05, 0.1) is 0 Å². The molecule has 0 amide bonds. The molecular weight excluding hydrogens is 985 g/mol. The Morgan fingerprint density at radius 2 is 0.487 bits per heavy atom. The maximum atomic E-state index is 12.9. The monoisotopic (exact) mass is 1110 g/mol. The van der Waals surface area contributed by atoms with Gasteiger partial charge < -0.3 is 14.2 Å². The lowest BCUT2D eigenvalue weighted by molar-refractivity contribution is -0.167. The first kappa shape index (κ1) is 76.6. The van der Waals surface area contributed by atoms with Crippen LogP contribution in [-0.2, 0) is 28.6 Å². The summed E-state index contributed by atoms with van der Waals surface area (Å²) in [7, 11) is 0. The van der Waals surface area contributed by atoms with Crippen LogP contribution >= 0.6 is 0 Å². The number of hydrogen-bond acceptors (Lipinski definition) is 6. The van der Waals surface area contributed by atoms with Gasteiger partial charge in [-0.25, -0.2) is 0 Å². The average Bonchev–Trinajstić information content (AvgIpc) is 3.46. The van der Waals surface area contributed by atoms with Crippen LogP contribution < -0.4 is 0 Å². The van der Waals surface area contributed by atoms with Crippen molar-refractivity contribution in [1.82, 2.24) is 0 Å². The lowest BCUT2D eigenvalue weighted by atomic mass is 10.0. The molecule has 0 spiro atoms. The molecule has 0 aromatic heterocycles. The van der Waals surface area contributed by atoms with Gasteiger partial charge in [-0.05, 0) is 77.0 Å². The van der Waals surface area contributed by atoms with E-state index < -0.39 is 6.10 Å². The number of allylic oxidation sites excluding steroid dienone is 14. The molecule has 0 heterocycles. The van der Waals surface area contributed by atoms with Gasteiger partial charge in [0, 0.05) is 19.3 Å². The van der Waals surface area contributed by atoms with Crippen LogP contribution in [0.3, 0.4) is 0 Å². The highest BCUT2D eigenvalue weighted by atomic mass is 16.6. The molecule has 0 aromatic rings. The number of hydrogen-bond donors (Lipinski definition) is 0. The largest absolute Gasteiger partial charge is 0.462 e. The highest BCUT2D eigenvalue weighted by molar-refractivity contribution is 5.71. The summed E-state index contributed by atoms with van der Waals surface area (Å²) < 4.78 is 16.9. The minimum absolute atomic E-state index is 0.0734. The second-order valence-electron chi connectivity index (χ2n) is 23.1. The van der Waals surface area contributed by atoms with E-state index in [2.05, 4.69) is 106 Å². The van der Waals surface area contributed by atoms with E-state index >= 15 is 0 Å². The predicted molar refractivity (Wildman–Crippen MR) is 348 cm³/mol. The van der Waals surface area contributed by atoms with Crippen molar-refractivity contribution in [3.63, 3.8) is 0 Å². The molecule has 6 nitrogen and oxygen atoms in total. The van der Waals surface area contributed by atoms with E-state index in [4.69, 9.17) is 14.2 Å². The molecule has 1 unspecified atom stereocenters. The molecule has 6 heteroatoms. The van der Waals surface area contributed by atoms with Crippen molar-refractivity contribution in [2.24, 2.45) is 0 Å². The number of carbonyl (C=O) groups is 3. The molecule has 0 aliphatic carbocycles. The van der Waals surface area contributed by atoms with Gasteiger partial charge >= 0.3 is 17.9 Å². The van der Waals surface area contributed by atoms with Crippen LogP contribution in [0.1, 0.15) is 348 Å². The standard InChI is InChI=1S/C74H130O6/c1-4-7-10-13-16-19-21-23-25-27-29-31-33-34-35-36-37-38-39-40-42-43-45-47-49-51-53-55-58-61-64-67-73(76)79-70-71(69-78-72(75)66-63-60-57-18-15-12-9-6-3)80-74(77)68-65-62-59-56-54-52-50-48-46-44-41-32-30-28-26-24-22-20-17-14-11-8-5-2/h7,10,16,19,23,25,29,31,34-35,37-38,40,42,71H,4-6,8-9,11-15,17-18,20-22,24,26-28,30,32-33,36,39,41,43-70H2,1-3H3/b10-7-,19-16-,25-23-,31-29-,35-34-,38-37-,42-40-. The van der Waals surface area contributed by atoms with Gasteiger partial charge in [0.15, 0.2) is 6.10 Å². The first-order valence-electron chi connectivity index (χ1n) is 34.6. The summed E-state index contributed by atoms with van der Waals surface area (Å²) >= 11 is 0. The lowest BCUT2D eigenvalue weighted by Gasteiger charge is -2.18. The van der Waals surface area contributed by atoms with E-state index in [1.807, 2.05) is 0 Å². The Kier molecular flexibility index (Phi) is 65.2. The fourth-order valence-corrected chi connectivity index (χ4v) is 10.0. The number of rotatable bonds is 63. The highest BCUT2D eigenvalue weighted by Crippen LogP contribution is 2.18. The minimum Gasteiger partial charge on any atom is -0.462 e. The molecule has 462 valence electrons. The van der Waals surface area contributed by atoms with Crippen molar-refractivity contribution in [3.05, 3.63) is 85.1 Å². The summed E-state index contributed by atoms with van der Waals surface area (Å²) in [5.74, 6) is -0.866. The second-order valence-corrected chi connectivity index (χ2v) is 23.1. The van der Waals surface area contributed by atoms with E-state index in [-0.39, 0.29) is 31.1 Å². The summed E-state index contributed by atoms with van der Waals surface area (Å²) in [6.07, 6.45) is 90.5. The molecule has 0 N–H and O–H groups in total. The number of esters is 3. The molecule has 0 rings (SSSR count). The Bertz CT molecular complexity index is 1520. The molecular formula is C74H130O6. The minimum atomic E-state index is -0.775. The quantitative estimate of drug-likeness (QED) is 0.0261. The van der Waals surface area contributed by atoms with Crippen molar-refractivity contribution in [3.8, 4) is 0 Å². The van der Waals surface area contributed by atoms with Gasteiger partial charge in [0.25, 0.3) is 0 Å². The summed E-state index contributed by atoms with van der Waals surface area (Å²) in [4.78, 5) is 38.2. The van der Waals surface area contributed by atoms with Gasteiger partial charge in [0.2, 0.25) is 0 Å². The van der Waals surface area contributed by atoms with Gasteiger partial charge in [-0.2, -0.15) is 0 Å². The maximum absolute atomic E-state index is 12.9. The van der Waals surface area contributed by atoms with Crippen LogP contribution in [0.25, 0.3) is 0 Å². The van der Waals surface area contributed by atoms with Crippen molar-refractivity contribution in [2.45, 2.75) is 354 Å². The summed E-state index contributed by atoms with van der Waals surface area (Å²) in [6.45, 7) is 6.54. The molecule has 0 saturated carbocycles. The van der Waals surface area contributed by atoms with Crippen LogP contribution in [-0.4, -0.2) is 37.2 Å². The highest BCUT2D eigenvalue weighted by Gasteiger charge is 2.19. The van der Waals surface area contributed by atoms with Crippen LogP contribution in [0.5, 0.6) is 0 Å². The average molecular weight is 1120 g/mol. The Labute approximate surface area is 496 Å². The van der Waals surface area contributed by atoms with Crippen molar-refractivity contribution >= 4 is 17.9 Å². The van der Waals surface area contributed by atoms with Crippen molar-refractivity contribution < 1.29 is 28.6 Å². The topological polar surface area (TPSA) is 78.9 Å². The lowest BCUT2D eigenvalue weighted by Crippen LogP contribution is -2.30. The van der Waals surface area contributed by atoms with Gasteiger partial charge in [-0.3, -0.25) is 14.4 Å². The summed E-state index contributed by atoms with van der Waals surface area (Å²) in [5.41, 5.74) is 0. The molecule has 0 aromatic carbocycles. The first-order chi connectivity index (χ1) is 39.5. The maximum Gasteiger partial charge on any atom is 0.306 e. The van der Waals surface area contributed by atoms with E-state index in [0.29, 0.717) is 19.3 Å². The first-order valence-corrected chi connectivity index (χ1v) is 34.6. The van der Waals surface area contributed by atoms with Gasteiger partial charge in [0.1, 0.15) is 13.2 Å². The molecule has 0 radical (unpaired) electrons. The van der Waals surface area contributed by atoms with Crippen LogP contribution in [0.15, 0.2) is 85.1 Å². The Balaban J connectivity index is 4.13. The third-order valence-corrected chi connectivity index (χ3v) is 15.2. The van der Waals surface area contributed by atoms with Crippen LogP contribution in [0, 0.1) is 0 Å². The van der Waals surface area contributed by atoms with E-state index in [0.717, 1.165) is 109 Å². The fraction of sp³-hybridized carbons (Fsp3) is 0.770. The number of ether oxygens (including phenoxy) is 3. The van der Waals surface area contributed by atoms with E-state index in [1.165, 1.54) is 199 Å². The van der Waals surface area contributed by atoms with Crippen LogP contribution in [0.4, 0.5) is 0 Å². The zero-order chi connectivity index (χ0) is 57.8. The smallest absolute Gasteiger partial charge is 0.306 e. The summed E-state index contributed by atoms with van der Waals surface area (Å²) in [6, 6.07) is 0. The Hall–Kier alpha value is -3.41. The van der Waals surface area contributed by atoms with E-state index in [9.17, 15) is 14.4 Å². The molecule has 0 saturated heterocycles. The second kappa shape index (κ2) is 68.1. The third kappa shape index (κ3) is 65.4. The number of carbonyl (C=O) groups excluding carboxylic acids is 3. The zero-order valence-corrected chi connectivity index (χ0v) is 53.1. The van der Waals surface area contributed by atoms with Gasteiger partial charge in [-0.1, -0.05) is 337 Å². The normalized spacial score (nSPS) is 12.6. The van der Waals surface area contributed by atoms with Crippen LogP contribution in [0.2, 0.25) is 0 Å². The third-order valence-electron chi connectivity index (χ3n) is 15.2. The molecule has 1 atom stereocenters. The molecule has 0 aliphatic rings. The molecule has 0 bridgehead atoms. The zero-order valence-electron chi connectivity index (χ0n) is 53.1. The van der Waals surface area contributed by atoms with E-state index in [1.54, 1.807) is 0 Å². The molecule has 0 fully saturated rings. The predicted octanol–water partition coefficient (Wildman–Crippen LogP) is 23.8. The fourth-order valence-electron chi connectivity index (χ4n) is 10.0. The Morgan fingerprint density at radius 1 is 0.263 bits per heavy atom. The van der Waals surface area contributed by atoms with Crippen molar-refractivity contribution in [2.75, 3.05) is 13.2 Å². The molecule has 80 heavy (non-hydrogen) atoms. The summed E-state index contributed by atoms with van der Waals surface area (Å²) in [5, 5.41) is 0. The SMILES string of the molecule is CC/C=C\C/C=C\C/C=C\C/C=C\C/C=C\C/C=C\C/C=C\CCCCCCCCCCCC(=O)OCC(COC(=O)CCCCCCCCCC)OC(=O)CCCCCCCCCCCCCCCCCCCCCCCCC. The van der Waals surface area contributed by atoms with Gasteiger partial charge in [-0.15, -0.1) is 0 Å². The number of unbranched alkanes of at least 4 members (excludes halogenated alkanes) is 38. The Morgan fingerprint density at radius 3 is 0.762 bits per heavy atom. The van der Waals surface area contributed by atoms with Crippen molar-refractivity contribution in [1.29, 1.82) is 0 Å². The molecule has 0 aliphatic heterocycles.